The number of hydrogen-bond acceptors (Lipinski definition) is 4. The Labute approximate surface area is 115 Å². The molecule has 1 aromatic heterocycles. The van der Waals surface area contributed by atoms with Gasteiger partial charge in [-0.1, -0.05) is 27.2 Å². The van der Waals surface area contributed by atoms with Gasteiger partial charge in [0.05, 0.1) is 6.61 Å². The Hall–Kier alpha value is -1.36. The molecule has 0 aliphatic carbocycles. The minimum Gasteiger partial charge on any atom is -0.380 e. The highest BCUT2D eigenvalue weighted by Crippen LogP contribution is 1.98. The monoisotopic (exact) mass is 267 g/mol. The second-order valence-corrected chi connectivity index (χ2v) is 5.02. The molecule has 0 aromatic carbocycles. The lowest BCUT2D eigenvalue weighted by atomic mass is 10.2. The molecule has 0 aliphatic rings. The van der Waals surface area contributed by atoms with Gasteiger partial charge in [-0.05, 0) is 12.3 Å². The number of aromatic nitrogens is 2. The van der Waals surface area contributed by atoms with Crippen LogP contribution < -0.4 is 10.9 Å². The minimum absolute atomic E-state index is 0.0650. The average Bonchev–Trinajstić information content (AvgIpc) is 2.37. The van der Waals surface area contributed by atoms with Crippen LogP contribution in [0.1, 0.15) is 33.6 Å². The lowest BCUT2D eigenvalue weighted by molar-refractivity contribution is 0.141. The van der Waals surface area contributed by atoms with Gasteiger partial charge in [0, 0.05) is 32.1 Å². The highest BCUT2D eigenvalue weighted by molar-refractivity contribution is 5.30. The summed E-state index contributed by atoms with van der Waals surface area (Å²) >= 11 is 0. The lowest BCUT2D eigenvalue weighted by Crippen LogP contribution is -2.27. The van der Waals surface area contributed by atoms with Crippen LogP contribution in [0.25, 0.3) is 0 Å². The Morgan fingerprint density at radius 3 is 2.89 bits per heavy atom. The molecule has 0 saturated heterocycles. The van der Waals surface area contributed by atoms with E-state index in [0.717, 1.165) is 19.4 Å². The van der Waals surface area contributed by atoms with Gasteiger partial charge in [-0.3, -0.25) is 4.79 Å². The normalized spacial score (nSPS) is 10.9. The van der Waals surface area contributed by atoms with Gasteiger partial charge in [-0.2, -0.15) is 0 Å². The van der Waals surface area contributed by atoms with E-state index < -0.39 is 0 Å². The van der Waals surface area contributed by atoms with Crippen LogP contribution in [-0.2, 0) is 11.3 Å². The molecule has 0 atom stereocenters. The summed E-state index contributed by atoms with van der Waals surface area (Å²) in [6.07, 6.45) is 5.59. The van der Waals surface area contributed by atoms with Crippen LogP contribution in [0, 0.1) is 5.92 Å². The quantitative estimate of drug-likeness (QED) is 0.696. The summed E-state index contributed by atoms with van der Waals surface area (Å²) in [7, 11) is 0. The second kappa shape index (κ2) is 8.69. The maximum Gasteiger partial charge on any atom is 0.293 e. The number of anilines is 1. The van der Waals surface area contributed by atoms with Crippen molar-refractivity contribution in [2.45, 2.75) is 40.2 Å². The molecule has 0 amide bonds. The second-order valence-electron chi connectivity index (χ2n) is 5.02. The number of nitrogens with one attached hydrogen (secondary N) is 1. The fraction of sp³-hybridized carbons (Fsp3) is 0.714. The highest BCUT2D eigenvalue weighted by Gasteiger charge is 2.05. The minimum atomic E-state index is -0.0650. The van der Waals surface area contributed by atoms with Crippen LogP contribution in [0.4, 0.5) is 5.82 Å². The largest absolute Gasteiger partial charge is 0.380 e. The predicted molar refractivity (Wildman–Crippen MR) is 77.6 cm³/mol. The Kier molecular flexibility index (Phi) is 7.18. The van der Waals surface area contributed by atoms with Gasteiger partial charge in [0.15, 0.2) is 5.82 Å². The zero-order valence-corrected chi connectivity index (χ0v) is 12.2. The molecule has 0 bridgehead atoms. The van der Waals surface area contributed by atoms with E-state index in [1.54, 1.807) is 17.0 Å². The Morgan fingerprint density at radius 2 is 2.21 bits per heavy atom. The van der Waals surface area contributed by atoms with Gasteiger partial charge in [-0.15, -0.1) is 0 Å². The molecule has 0 radical (unpaired) electrons. The first-order valence-corrected chi connectivity index (χ1v) is 7.02. The zero-order valence-electron chi connectivity index (χ0n) is 12.2. The predicted octanol–water partition coefficient (Wildman–Crippen LogP) is 2.13. The summed E-state index contributed by atoms with van der Waals surface area (Å²) in [5.41, 5.74) is -0.0650. The third kappa shape index (κ3) is 5.87. The summed E-state index contributed by atoms with van der Waals surface area (Å²) < 4.78 is 7.12. The zero-order chi connectivity index (χ0) is 14.1. The van der Waals surface area contributed by atoms with Gasteiger partial charge in [0.25, 0.3) is 5.56 Å². The number of nitrogens with zero attached hydrogens (tertiary/aromatic N) is 2. The van der Waals surface area contributed by atoms with Crippen molar-refractivity contribution in [3.05, 3.63) is 22.7 Å². The van der Waals surface area contributed by atoms with E-state index in [1.807, 2.05) is 0 Å². The number of hydrogen-bond donors (Lipinski definition) is 1. The first-order chi connectivity index (χ1) is 9.15. The van der Waals surface area contributed by atoms with Crippen LogP contribution >= 0.6 is 0 Å². The molecule has 1 aromatic rings. The van der Waals surface area contributed by atoms with Gasteiger partial charge >= 0.3 is 0 Å². The van der Waals surface area contributed by atoms with Crippen molar-refractivity contribution in [3.63, 3.8) is 0 Å². The molecule has 1 rings (SSSR count). The van der Waals surface area contributed by atoms with E-state index in [9.17, 15) is 4.79 Å². The van der Waals surface area contributed by atoms with Crippen LogP contribution in [-0.4, -0.2) is 29.3 Å². The fourth-order valence-electron chi connectivity index (χ4n) is 1.70. The van der Waals surface area contributed by atoms with Gasteiger partial charge in [0.2, 0.25) is 0 Å². The van der Waals surface area contributed by atoms with Crippen molar-refractivity contribution in [1.82, 2.24) is 9.55 Å². The Balaban J connectivity index is 2.43. The number of unbranched alkanes of at least 4 members (excludes halogenated alkanes) is 1. The first kappa shape index (κ1) is 15.7. The van der Waals surface area contributed by atoms with E-state index in [0.29, 0.717) is 31.4 Å². The maximum absolute atomic E-state index is 12.1. The maximum atomic E-state index is 12.1. The average molecular weight is 267 g/mol. The highest BCUT2D eigenvalue weighted by atomic mass is 16.5. The van der Waals surface area contributed by atoms with Gasteiger partial charge in [0.1, 0.15) is 0 Å². The fourth-order valence-corrected chi connectivity index (χ4v) is 1.70. The standard InChI is InChI=1S/C14H25N3O2/c1-4-5-9-19-10-7-16-13-14(18)17(8-6-15-13)11-12(2)3/h6,8,12H,4-5,7,9-11H2,1-3H3,(H,15,16). The van der Waals surface area contributed by atoms with Crippen molar-refractivity contribution in [2.24, 2.45) is 5.92 Å². The third-order valence-electron chi connectivity index (χ3n) is 2.66. The molecule has 1 heterocycles. The first-order valence-electron chi connectivity index (χ1n) is 7.02. The smallest absolute Gasteiger partial charge is 0.293 e. The molecule has 1 N–H and O–H groups in total. The summed E-state index contributed by atoms with van der Waals surface area (Å²) in [6, 6.07) is 0. The molecule has 0 fully saturated rings. The van der Waals surface area contributed by atoms with Crippen LogP contribution in [0.5, 0.6) is 0 Å². The summed E-state index contributed by atoms with van der Waals surface area (Å²) in [5, 5.41) is 3.03. The molecule has 5 heteroatoms. The molecule has 19 heavy (non-hydrogen) atoms. The van der Waals surface area contributed by atoms with Gasteiger partial charge in [-0.25, -0.2) is 4.98 Å². The Morgan fingerprint density at radius 1 is 1.42 bits per heavy atom. The van der Waals surface area contributed by atoms with Crippen LogP contribution in [0.15, 0.2) is 17.2 Å². The van der Waals surface area contributed by atoms with Crippen LogP contribution in [0.2, 0.25) is 0 Å². The van der Waals surface area contributed by atoms with Crippen LogP contribution in [0.3, 0.4) is 0 Å². The molecular weight excluding hydrogens is 242 g/mol. The van der Waals surface area contributed by atoms with Crippen molar-refractivity contribution in [1.29, 1.82) is 0 Å². The summed E-state index contributed by atoms with van der Waals surface area (Å²) in [5.74, 6) is 0.840. The van der Waals surface area contributed by atoms with Gasteiger partial charge < -0.3 is 14.6 Å². The molecule has 108 valence electrons. The number of ether oxygens (including phenoxy) is 1. The van der Waals surface area contributed by atoms with E-state index in [1.165, 1.54) is 0 Å². The van der Waals surface area contributed by atoms with E-state index in [4.69, 9.17) is 4.74 Å². The van der Waals surface area contributed by atoms with Crippen molar-refractivity contribution < 1.29 is 4.74 Å². The molecule has 0 spiro atoms. The molecule has 0 saturated carbocycles. The topological polar surface area (TPSA) is 56.1 Å². The van der Waals surface area contributed by atoms with Crippen molar-refractivity contribution in [3.8, 4) is 0 Å². The van der Waals surface area contributed by atoms with Crippen molar-refractivity contribution in [2.75, 3.05) is 25.1 Å². The van der Waals surface area contributed by atoms with Crippen molar-refractivity contribution >= 4 is 5.82 Å². The third-order valence-corrected chi connectivity index (χ3v) is 2.66. The van der Waals surface area contributed by atoms with E-state index in [-0.39, 0.29) is 5.56 Å². The number of rotatable bonds is 9. The Bertz CT molecular complexity index is 415. The van der Waals surface area contributed by atoms with E-state index >= 15 is 0 Å². The SMILES string of the molecule is CCCCOCCNc1nccn(CC(C)C)c1=O. The lowest BCUT2D eigenvalue weighted by Gasteiger charge is -2.10. The molecular formula is C14H25N3O2. The van der Waals surface area contributed by atoms with E-state index in [2.05, 4.69) is 31.1 Å². The summed E-state index contributed by atoms with van der Waals surface area (Å²) in [4.78, 5) is 16.1. The molecule has 5 nitrogen and oxygen atoms in total. The molecule has 0 aliphatic heterocycles. The molecule has 0 unspecified atom stereocenters. The summed E-state index contributed by atoms with van der Waals surface area (Å²) in [6.45, 7) is 8.99.